The Morgan fingerprint density at radius 3 is 2.63 bits per heavy atom. The summed E-state index contributed by atoms with van der Waals surface area (Å²) in [6.45, 7) is 2.11. The lowest BCUT2D eigenvalue weighted by Crippen LogP contribution is -2.00. The number of alkyl halides is 1. The van der Waals surface area contributed by atoms with Crippen molar-refractivity contribution in [1.29, 1.82) is 0 Å². The third-order valence-electron chi connectivity index (χ3n) is 2.75. The molecule has 0 unspecified atom stereocenters. The number of hydrogen-bond donors (Lipinski definition) is 0. The molecule has 0 aliphatic carbocycles. The van der Waals surface area contributed by atoms with Crippen molar-refractivity contribution in [3.05, 3.63) is 63.9 Å². The molecule has 0 saturated heterocycles. The molecule has 0 saturated carbocycles. The van der Waals surface area contributed by atoms with E-state index in [1.807, 2.05) is 25.1 Å². The predicted octanol–water partition coefficient (Wildman–Crippen LogP) is 5.11. The molecule has 0 aliphatic rings. The maximum absolute atomic E-state index is 13.6. The van der Waals surface area contributed by atoms with Gasteiger partial charge in [0.05, 0.1) is 5.88 Å². The Labute approximate surface area is 121 Å². The molecule has 0 radical (unpaired) electrons. The van der Waals surface area contributed by atoms with Gasteiger partial charge in [-0.2, -0.15) is 0 Å². The molecule has 0 amide bonds. The first kappa shape index (κ1) is 14.2. The van der Waals surface area contributed by atoms with Gasteiger partial charge >= 0.3 is 0 Å². The lowest BCUT2D eigenvalue weighted by molar-refractivity contribution is 0.297. The summed E-state index contributed by atoms with van der Waals surface area (Å²) in [5.74, 6) is 0.693. The summed E-state index contributed by atoms with van der Waals surface area (Å²) in [6.07, 6.45) is 0. The molecule has 2 aromatic carbocycles. The second-order valence-electron chi connectivity index (χ2n) is 4.27. The van der Waals surface area contributed by atoms with Gasteiger partial charge in [0.1, 0.15) is 18.2 Å². The van der Waals surface area contributed by atoms with E-state index in [-0.39, 0.29) is 12.4 Å². The predicted molar refractivity (Wildman–Crippen MR) is 76.5 cm³/mol. The monoisotopic (exact) mass is 298 g/mol. The van der Waals surface area contributed by atoms with Crippen molar-refractivity contribution in [3.63, 3.8) is 0 Å². The largest absolute Gasteiger partial charge is 0.488 e. The van der Waals surface area contributed by atoms with Crippen LogP contribution in [0, 0.1) is 12.7 Å². The van der Waals surface area contributed by atoms with Crippen LogP contribution in [0.3, 0.4) is 0 Å². The second kappa shape index (κ2) is 6.27. The minimum absolute atomic E-state index is 0.124. The fourth-order valence-electron chi connectivity index (χ4n) is 1.76. The van der Waals surface area contributed by atoms with Gasteiger partial charge in [-0.05, 0) is 31.2 Å². The summed E-state index contributed by atoms with van der Waals surface area (Å²) >= 11 is 11.7. The van der Waals surface area contributed by atoms with Gasteiger partial charge < -0.3 is 4.74 Å². The molecule has 0 atom stereocenters. The lowest BCUT2D eigenvalue weighted by atomic mass is 10.1. The Balaban J connectivity index is 2.16. The zero-order chi connectivity index (χ0) is 13.8. The highest BCUT2D eigenvalue weighted by molar-refractivity contribution is 6.30. The zero-order valence-corrected chi connectivity index (χ0v) is 11.9. The van der Waals surface area contributed by atoms with Crippen LogP contribution in [0.5, 0.6) is 5.75 Å². The number of ether oxygens (including phenoxy) is 1. The molecular formula is C15H13Cl2FO. The molecule has 1 nitrogen and oxygen atoms in total. The lowest BCUT2D eigenvalue weighted by Gasteiger charge is -2.11. The van der Waals surface area contributed by atoms with Gasteiger partial charge in [0.25, 0.3) is 0 Å². The molecule has 19 heavy (non-hydrogen) atoms. The minimum atomic E-state index is -0.330. The normalized spacial score (nSPS) is 10.5. The van der Waals surface area contributed by atoms with Crippen molar-refractivity contribution in [2.75, 3.05) is 0 Å². The number of hydrogen-bond acceptors (Lipinski definition) is 1. The van der Waals surface area contributed by atoms with Crippen molar-refractivity contribution in [2.45, 2.75) is 19.4 Å². The summed E-state index contributed by atoms with van der Waals surface area (Å²) < 4.78 is 19.2. The first-order valence-electron chi connectivity index (χ1n) is 5.82. The summed E-state index contributed by atoms with van der Waals surface area (Å²) in [4.78, 5) is 0. The molecule has 0 spiro atoms. The fraction of sp³-hybridized carbons (Fsp3) is 0.200. The minimum Gasteiger partial charge on any atom is -0.488 e. The van der Waals surface area contributed by atoms with E-state index >= 15 is 0 Å². The third kappa shape index (κ3) is 3.62. The van der Waals surface area contributed by atoms with Crippen molar-refractivity contribution in [2.24, 2.45) is 0 Å². The second-order valence-corrected chi connectivity index (χ2v) is 4.97. The molecule has 0 bridgehead atoms. The van der Waals surface area contributed by atoms with Crippen LogP contribution in [-0.4, -0.2) is 0 Å². The van der Waals surface area contributed by atoms with Crippen LogP contribution in [0.25, 0.3) is 0 Å². The van der Waals surface area contributed by atoms with Gasteiger partial charge in [0.2, 0.25) is 0 Å². The topological polar surface area (TPSA) is 9.23 Å². The number of rotatable bonds is 4. The van der Waals surface area contributed by atoms with E-state index in [2.05, 4.69) is 0 Å². The molecule has 100 valence electrons. The summed E-state index contributed by atoms with van der Waals surface area (Å²) in [5.41, 5.74) is 2.43. The van der Waals surface area contributed by atoms with E-state index in [4.69, 9.17) is 27.9 Å². The van der Waals surface area contributed by atoms with Gasteiger partial charge in [-0.15, -0.1) is 11.6 Å². The molecule has 2 aromatic rings. The Hall–Kier alpha value is -1.25. The Morgan fingerprint density at radius 1 is 1.11 bits per heavy atom. The first-order chi connectivity index (χ1) is 9.10. The van der Waals surface area contributed by atoms with Crippen LogP contribution < -0.4 is 4.74 Å². The quantitative estimate of drug-likeness (QED) is 0.713. The van der Waals surface area contributed by atoms with Gasteiger partial charge in [-0.25, -0.2) is 4.39 Å². The van der Waals surface area contributed by atoms with E-state index in [9.17, 15) is 4.39 Å². The van der Waals surface area contributed by atoms with Crippen LogP contribution in [0.15, 0.2) is 36.4 Å². The Morgan fingerprint density at radius 2 is 1.89 bits per heavy atom. The zero-order valence-electron chi connectivity index (χ0n) is 10.4. The van der Waals surface area contributed by atoms with E-state index in [1.165, 1.54) is 12.1 Å². The molecule has 0 heterocycles. The van der Waals surface area contributed by atoms with Gasteiger partial charge in [-0.3, -0.25) is 0 Å². The average molecular weight is 299 g/mol. The number of halogens is 3. The third-order valence-corrected chi connectivity index (χ3v) is 3.27. The molecule has 0 aromatic heterocycles. The van der Waals surface area contributed by atoms with E-state index in [0.29, 0.717) is 22.2 Å². The van der Waals surface area contributed by atoms with Crippen LogP contribution in [0.2, 0.25) is 5.02 Å². The highest BCUT2D eigenvalue weighted by Gasteiger charge is 2.07. The standard InChI is InChI=1S/C15H13Cl2FO/c1-10-2-5-15(11(6-10)8-16)19-9-12-7-13(17)3-4-14(12)18/h2-7H,8-9H2,1H3. The van der Waals surface area contributed by atoms with Crippen LogP contribution >= 0.6 is 23.2 Å². The summed E-state index contributed by atoms with van der Waals surface area (Å²) in [6, 6.07) is 10.1. The summed E-state index contributed by atoms with van der Waals surface area (Å²) in [7, 11) is 0. The molecule has 2 rings (SSSR count). The molecular weight excluding hydrogens is 286 g/mol. The van der Waals surface area contributed by atoms with E-state index in [0.717, 1.165) is 11.1 Å². The molecule has 4 heteroatoms. The van der Waals surface area contributed by atoms with Crippen molar-refractivity contribution in [3.8, 4) is 5.75 Å². The first-order valence-corrected chi connectivity index (χ1v) is 6.73. The van der Waals surface area contributed by atoms with E-state index in [1.54, 1.807) is 6.07 Å². The maximum atomic E-state index is 13.6. The van der Waals surface area contributed by atoms with Crippen molar-refractivity contribution < 1.29 is 9.13 Å². The van der Waals surface area contributed by atoms with Gasteiger partial charge in [-0.1, -0.05) is 29.3 Å². The Kier molecular flexibility index (Phi) is 4.67. The maximum Gasteiger partial charge on any atom is 0.129 e. The van der Waals surface area contributed by atoms with Crippen LogP contribution in [0.4, 0.5) is 4.39 Å². The highest BCUT2D eigenvalue weighted by Crippen LogP contribution is 2.24. The fourth-order valence-corrected chi connectivity index (χ4v) is 2.17. The molecule has 0 fully saturated rings. The van der Waals surface area contributed by atoms with Crippen LogP contribution in [0.1, 0.15) is 16.7 Å². The van der Waals surface area contributed by atoms with E-state index < -0.39 is 0 Å². The van der Waals surface area contributed by atoms with Crippen LogP contribution in [-0.2, 0) is 12.5 Å². The van der Waals surface area contributed by atoms with Gasteiger partial charge in [0.15, 0.2) is 0 Å². The average Bonchev–Trinajstić information content (AvgIpc) is 2.40. The highest BCUT2D eigenvalue weighted by atomic mass is 35.5. The SMILES string of the molecule is Cc1ccc(OCc2cc(Cl)ccc2F)c(CCl)c1. The van der Waals surface area contributed by atoms with Crippen molar-refractivity contribution >= 4 is 23.2 Å². The Bertz CT molecular complexity index is 584. The summed E-state index contributed by atoms with van der Waals surface area (Å²) in [5, 5.41) is 0.487. The smallest absolute Gasteiger partial charge is 0.129 e. The van der Waals surface area contributed by atoms with Crippen molar-refractivity contribution in [1.82, 2.24) is 0 Å². The number of aryl methyl sites for hydroxylation is 1. The molecule has 0 N–H and O–H groups in total. The molecule has 0 aliphatic heterocycles. The number of benzene rings is 2. The van der Waals surface area contributed by atoms with Gasteiger partial charge in [0, 0.05) is 16.1 Å².